The molecular formula is C15H16N6O2S. The van der Waals surface area contributed by atoms with E-state index in [-0.39, 0.29) is 6.54 Å². The fourth-order valence-electron chi connectivity index (χ4n) is 2.41. The van der Waals surface area contributed by atoms with Crippen LogP contribution >= 0.6 is 11.7 Å². The lowest BCUT2D eigenvalue weighted by molar-refractivity contribution is -0.136. The zero-order valence-corrected chi connectivity index (χ0v) is 14.3. The van der Waals surface area contributed by atoms with Crippen molar-refractivity contribution in [3.63, 3.8) is 0 Å². The average molecular weight is 344 g/mol. The summed E-state index contributed by atoms with van der Waals surface area (Å²) in [6.07, 6.45) is 0. The highest BCUT2D eigenvalue weighted by atomic mass is 32.1. The second kappa shape index (κ2) is 6.36. The summed E-state index contributed by atoms with van der Waals surface area (Å²) in [5.74, 6) is -1.45. The van der Waals surface area contributed by atoms with Gasteiger partial charge in [-0.2, -0.15) is 13.8 Å². The number of amides is 2. The molecule has 2 N–H and O–H groups in total. The van der Waals surface area contributed by atoms with E-state index in [1.54, 1.807) is 22.9 Å². The molecule has 0 unspecified atom stereocenters. The number of carbonyl (C=O) groups is 2. The number of benzene rings is 1. The van der Waals surface area contributed by atoms with Crippen molar-refractivity contribution in [1.82, 2.24) is 23.8 Å². The summed E-state index contributed by atoms with van der Waals surface area (Å²) < 4.78 is 9.97. The van der Waals surface area contributed by atoms with Crippen LogP contribution in [-0.2, 0) is 23.2 Å². The third-order valence-corrected chi connectivity index (χ3v) is 4.37. The zero-order chi connectivity index (χ0) is 17.3. The highest BCUT2D eigenvalue weighted by Gasteiger charge is 2.17. The molecule has 3 rings (SSSR count). The highest BCUT2D eigenvalue weighted by molar-refractivity contribution is 7.00. The molecule has 2 aromatic heterocycles. The molecule has 9 heteroatoms. The normalized spacial score (nSPS) is 10.8. The Bertz CT molecular complexity index is 929. The lowest BCUT2D eigenvalue weighted by Gasteiger charge is -2.07. The number of aryl methyl sites for hydroxylation is 2. The fourth-order valence-corrected chi connectivity index (χ4v) is 2.96. The van der Waals surface area contributed by atoms with E-state index in [1.165, 1.54) is 0 Å². The third-order valence-electron chi connectivity index (χ3n) is 3.83. The standard InChI is InChI=1S/C15H16N6O2S/c1-8-10(9(2)21(3)18-8)7-16-14(22)15(23)17-11-5-4-6-12-13(11)20-24-19-12/h4-6H,7H2,1-3H3,(H,16,22)(H,17,23). The SMILES string of the molecule is Cc1nn(C)c(C)c1CNC(=O)C(=O)Nc1cccc2nsnc12. The van der Waals surface area contributed by atoms with Gasteiger partial charge in [0.15, 0.2) is 0 Å². The molecule has 0 spiro atoms. The molecule has 124 valence electrons. The lowest BCUT2D eigenvalue weighted by Crippen LogP contribution is -2.35. The number of nitrogens with zero attached hydrogens (tertiary/aromatic N) is 4. The van der Waals surface area contributed by atoms with E-state index in [2.05, 4.69) is 24.5 Å². The summed E-state index contributed by atoms with van der Waals surface area (Å²) in [5.41, 5.74) is 4.41. The molecule has 2 heterocycles. The predicted molar refractivity (Wildman–Crippen MR) is 90.6 cm³/mol. The number of carbonyl (C=O) groups excluding carboxylic acids is 2. The number of rotatable bonds is 3. The van der Waals surface area contributed by atoms with Crippen molar-refractivity contribution in [3.8, 4) is 0 Å². The summed E-state index contributed by atoms with van der Waals surface area (Å²) in [6.45, 7) is 4.03. The van der Waals surface area contributed by atoms with Gasteiger partial charge in [-0.3, -0.25) is 14.3 Å². The van der Waals surface area contributed by atoms with Crippen LogP contribution in [0.5, 0.6) is 0 Å². The first-order valence-electron chi connectivity index (χ1n) is 7.27. The van der Waals surface area contributed by atoms with Gasteiger partial charge in [0.25, 0.3) is 0 Å². The Morgan fingerprint density at radius 2 is 2.00 bits per heavy atom. The van der Waals surface area contributed by atoms with Gasteiger partial charge in [0.2, 0.25) is 0 Å². The molecule has 2 amide bonds. The average Bonchev–Trinajstić information content (AvgIpc) is 3.12. The van der Waals surface area contributed by atoms with E-state index in [4.69, 9.17) is 0 Å². The Balaban J connectivity index is 1.67. The van der Waals surface area contributed by atoms with Crippen LogP contribution in [0.3, 0.4) is 0 Å². The van der Waals surface area contributed by atoms with Crippen LogP contribution in [0.25, 0.3) is 11.0 Å². The second-order valence-electron chi connectivity index (χ2n) is 5.35. The van der Waals surface area contributed by atoms with E-state index in [0.717, 1.165) is 28.7 Å². The van der Waals surface area contributed by atoms with Crippen molar-refractivity contribution < 1.29 is 9.59 Å². The molecule has 0 fully saturated rings. The molecule has 3 aromatic rings. The van der Waals surface area contributed by atoms with Gasteiger partial charge in [0.05, 0.1) is 23.1 Å². The van der Waals surface area contributed by atoms with Gasteiger partial charge in [-0.1, -0.05) is 6.07 Å². The predicted octanol–water partition coefficient (Wildman–Crippen LogP) is 1.30. The largest absolute Gasteiger partial charge is 0.344 e. The van der Waals surface area contributed by atoms with Gasteiger partial charge < -0.3 is 10.6 Å². The molecule has 0 aliphatic carbocycles. The molecule has 0 radical (unpaired) electrons. The Morgan fingerprint density at radius 3 is 2.71 bits per heavy atom. The molecule has 0 saturated carbocycles. The van der Waals surface area contributed by atoms with Gasteiger partial charge in [-0.15, -0.1) is 0 Å². The number of nitrogens with one attached hydrogen (secondary N) is 2. The van der Waals surface area contributed by atoms with Crippen LogP contribution in [0.4, 0.5) is 5.69 Å². The van der Waals surface area contributed by atoms with E-state index in [0.29, 0.717) is 16.7 Å². The van der Waals surface area contributed by atoms with Crippen LogP contribution in [0.15, 0.2) is 18.2 Å². The molecule has 8 nitrogen and oxygen atoms in total. The maximum absolute atomic E-state index is 12.1. The summed E-state index contributed by atoms with van der Waals surface area (Å²) in [4.78, 5) is 24.1. The quantitative estimate of drug-likeness (QED) is 0.697. The van der Waals surface area contributed by atoms with Crippen LogP contribution in [-0.4, -0.2) is 30.3 Å². The number of hydrogen-bond acceptors (Lipinski definition) is 6. The van der Waals surface area contributed by atoms with Crippen molar-refractivity contribution in [1.29, 1.82) is 0 Å². The van der Waals surface area contributed by atoms with E-state index >= 15 is 0 Å². The van der Waals surface area contributed by atoms with Crippen LogP contribution in [0, 0.1) is 13.8 Å². The minimum Gasteiger partial charge on any atom is -0.344 e. The van der Waals surface area contributed by atoms with Crippen molar-refractivity contribution in [2.45, 2.75) is 20.4 Å². The van der Waals surface area contributed by atoms with Gasteiger partial charge in [0.1, 0.15) is 11.0 Å². The Hall–Kier alpha value is -2.81. The van der Waals surface area contributed by atoms with Crippen LogP contribution in [0.1, 0.15) is 17.0 Å². The van der Waals surface area contributed by atoms with Crippen molar-refractivity contribution in [3.05, 3.63) is 35.2 Å². The first-order chi connectivity index (χ1) is 11.5. The minimum absolute atomic E-state index is 0.250. The summed E-state index contributed by atoms with van der Waals surface area (Å²) in [5, 5.41) is 9.47. The Morgan fingerprint density at radius 1 is 1.21 bits per heavy atom. The van der Waals surface area contributed by atoms with Crippen molar-refractivity contribution >= 4 is 40.3 Å². The van der Waals surface area contributed by atoms with E-state index < -0.39 is 11.8 Å². The van der Waals surface area contributed by atoms with E-state index in [1.807, 2.05) is 20.9 Å². The molecule has 1 aromatic carbocycles. The highest BCUT2D eigenvalue weighted by Crippen LogP contribution is 2.21. The number of anilines is 1. The molecule has 0 aliphatic heterocycles. The molecule has 0 aliphatic rings. The number of fused-ring (bicyclic) bond motifs is 1. The minimum atomic E-state index is -0.741. The van der Waals surface area contributed by atoms with Gasteiger partial charge in [0, 0.05) is 24.8 Å². The first kappa shape index (κ1) is 16.1. The summed E-state index contributed by atoms with van der Waals surface area (Å²) in [6, 6.07) is 5.23. The number of aromatic nitrogens is 4. The third kappa shape index (κ3) is 2.98. The van der Waals surface area contributed by atoms with Gasteiger partial charge >= 0.3 is 11.8 Å². The Kier molecular flexibility index (Phi) is 4.26. The monoisotopic (exact) mass is 344 g/mol. The van der Waals surface area contributed by atoms with Gasteiger partial charge in [-0.05, 0) is 26.0 Å². The molecule has 0 atom stereocenters. The molecule has 24 heavy (non-hydrogen) atoms. The van der Waals surface area contributed by atoms with Crippen molar-refractivity contribution in [2.24, 2.45) is 7.05 Å². The summed E-state index contributed by atoms with van der Waals surface area (Å²) in [7, 11) is 1.84. The van der Waals surface area contributed by atoms with Gasteiger partial charge in [-0.25, -0.2) is 0 Å². The Labute approximate surface area is 142 Å². The van der Waals surface area contributed by atoms with E-state index in [9.17, 15) is 9.59 Å². The lowest BCUT2D eigenvalue weighted by atomic mass is 10.2. The molecule has 0 bridgehead atoms. The van der Waals surface area contributed by atoms with Crippen LogP contribution in [0.2, 0.25) is 0 Å². The zero-order valence-electron chi connectivity index (χ0n) is 13.5. The molecular weight excluding hydrogens is 328 g/mol. The second-order valence-corrected chi connectivity index (χ2v) is 5.88. The van der Waals surface area contributed by atoms with Crippen molar-refractivity contribution in [2.75, 3.05) is 5.32 Å². The fraction of sp³-hybridized carbons (Fsp3) is 0.267. The maximum Gasteiger partial charge on any atom is 0.313 e. The topological polar surface area (TPSA) is 102 Å². The summed E-state index contributed by atoms with van der Waals surface area (Å²) >= 11 is 1.05. The number of hydrogen-bond donors (Lipinski definition) is 2. The first-order valence-corrected chi connectivity index (χ1v) is 8.00. The molecule has 0 saturated heterocycles. The maximum atomic E-state index is 12.1. The smallest absolute Gasteiger partial charge is 0.313 e. The van der Waals surface area contributed by atoms with Crippen LogP contribution < -0.4 is 10.6 Å².